The smallest absolute Gasteiger partial charge is 0.282 e. The van der Waals surface area contributed by atoms with Gasteiger partial charge in [0.25, 0.3) is 11.6 Å². The average molecular weight is 370 g/mol. The monoisotopic (exact) mass is 370 g/mol. The normalized spacial score (nSPS) is 11.1. The van der Waals surface area contributed by atoms with Crippen LogP contribution in [0.1, 0.15) is 15.4 Å². The summed E-state index contributed by atoms with van der Waals surface area (Å²) in [6.07, 6.45) is 0. The van der Waals surface area contributed by atoms with Gasteiger partial charge in [-0.3, -0.25) is 20.2 Å². The van der Waals surface area contributed by atoms with Gasteiger partial charge in [-0.2, -0.15) is 0 Å². The summed E-state index contributed by atoms with van der Waals surface area (Å²) in [7, 11) is 0. The Morgan fingerprint density at radius 2 is 1.76 bits per heavy atom. The largest absolute Gasteiger partial charge is 0.298 e. The van der Waals surface area contributed by atoms with E-state index >= 15 is 0 Å². The van der Waals surface area contributed by atoms with Crippen molar-refractivity contribution in [3.05, 3.63) is 57.1 Å². The van der Waals surface area contributed by atoms with Gasteiger partial charge in [-0.25, -0.2) is 9.97 Å². The molecule has 4 rings (SSSR count). The van der Waals surface area contributed by atoms with Crippen LogP contribution in [0.5, 0.6) is 0 Å². The van der Waals surface area contributed by atoms with E-state index in [1.54, 1.807) is 17.4 Å². The Morgan fingerprint density at radius 3 is 2.52 bits per heavy atom. The topological polar surface area (TPSA) is 98.0 Å². The van der Waals surface area contributed by atoms with Gasteiger partial charge in [0.1, 0.15) is 5.56 Å². The van der Waals surface area contributed by atoms with Crippen molar-refractivity contribution in [2.24, 2.45) is 0 Å². The maximum absolute atomic E-state index is 12.4. The van der Waals surface area contributed by atoms with E-state index in [0.29, 0.717) is 5.13 Å². The van der Waals surface area contributed by atoms with Crippen LogP contribution in [0.3, 0.4) is 0 Å². The zero-order valence-corrected chi connectivity index (χ0v) is 14.5. The first-order chi connectivity index (χ1) is 12.0. The first-order valence-corrected chi connectivity index (χ1v) is 8.87. The molecule has 124 valence electrons. The maximum atomic E-state index is 12.4. The molecule has 0 aliphatic carbocycles. The highest BCUT2D eigenvalue weighted by Gasteiger charge is 2.20. The average Bonchev–Trinajstić information content (AvgIpc) is 3.16. The lowest BCUT2D eigenvalue weighted by Gasteiger charge is -2.02. The molecule has 2 heterocycles. The fourth-order valence-electron chi connectivity index (χ4n) is 2.53. The molecule has 0 fully saturated rings. The molecule has 7 nitrogen and oxygen atoms in total. The number of rotatable bonds is 3. The van der Waals surface area contributed by atoms with Gasteiger partial charge in [0, 0.05) is 6.07 Å². The number of carbonyl (C=O) groups is 1. The van der Waals surface area contributed by atoms with Crippen molar-refractivity contribution < 1.29 is 9.72 Å². The molecule has 0 saturated heterocycles. The van der Waals surface area contributed by atoms with Crippen LogP contribution in [-0.4, -0.2) is 20.8 Å². The summed E-state index contributed by atoms with van der Waals surface area (Å²) in [5.41, 5.74) is 1.43. The van der Waals surface area contributed by atoms with Crippen LogP contribution < -0.4 is 5.32 Å². The molecular weight excluding hydrogens is 360 g/mol. The lowest BCUT2D eigenvalue weighted by Crippen LogP contribution is -2.13. The van der Waals surface area contributed by atoms with E-state index in [0.717, 1.165) is 25.4 Å². The zero-order valence-electron chi connectivity index (χ0n) is 12.8. The Hall–Kier alpha value is -2.91. The summed E-state index contributed by atoms with van der Waals surface area (Å²) >= 11 is 2.91. The van der Waals surface area contributed by atoms with Crippen molar-refractivity contribution in [3.63, 3.8) is 0 Å². The molecule has 1 N–H and O–H groups in total. The SMILES string of the molecule is Cc1nc2ccc3nc(NC(=O)c4ccccc4[N+](=O)[O-])sc3c2s1. The van der Waals surface area contributed by atoms with Crippen LogP contribution in [-0.2, 0) is 0 Å². The molecule has 4 aromatic rings. The number of aryl methyl sites for hydroxylation is 1. The van der Waals surface area contributed by atoms with Gasteiger partial charge in [-0.15, -0.1) is 11.3 Å². The Morgan fingerprint density at radius 1 is 1.08 bits per heavy atom. The van der Waals surface area contributed by atoms with Crippen molar-refractivity contribution >= 4 is 59.8 Å². The summed E-state index contributed by atoms with van der Waals surface area (Å²) < 4.78 is 1.97. The summed E-state index contributed by atoms with van der Waals surface area (Å²) in [6.45, 7) is 1.94. The minimum atomic E-state index is -0.573. The molecule has 25 heavy (non-hydrogen) atoms. The van der Waals surface area contributed by atoms with E-state index in [2.05, 4.69) is 15.3 Å². The molecule has 0 aliphatic rings. The lowest BCUT2D eigenvalue weighted by atomic mass is 10.1. The third kappa shape index (κ3) is 2.73. The first kappa shape index (κ1) is 15.6. The van der Waals surface area contributed by atoms with Crippen LogP contribution in [0.15, 0.2) is 36.4 Å². The van der Waals surface area contributed by atoms with E-state index < -0.39 is 10.8 Å². The molecule has 0 saturated carbocycles. The predicted molar refractivity (Wildman–Crippen MR) is 98.6 cm³/mol. The molecule has 0 aliphatic heterocycles. The number of nitro groups is 1. The van der Waals surface area contributed by atoms with E-state index in [4.69, 9.17) is 0 Å². The number of amides is 1. The van der Waals surface area contributed by atoms with E-state index in [-0.39, 0.29) is 11.3 Å². The third-order valence-corrected chi connectivity index (χ3v) is 5.72. The maximum Gasteiger partial charge on any atom is 0.282 e. The van der Waals surface area contributed by atoms with Crippen LogP contribution in [0.25, 0.3) is 20.4 Å². The lowest BCUT2D eigenvalue weighted by molar-refractivity contribution is -0.385. The van der Waals surface area contributed by atoms with Crippen LogP contribution in [0, 0.1) is 17.0 Å². The number of carbonyl (C=O) groups excluding carboxylic acids is 1. The minimum absolute atomic E-state index is 0.00513. The van der Waals surface area contributed by atoms with E-state index in [1.807, 2.05) is 19.1 Å². The first-order valence-electron chi connectivity index (χ1n) is 7.24. The molecule has 0 spiro atoms. The summed E-state index contributed by atoms with van der Waals surface area (Å²) in [6, 6.07) is 9.59. The van der Waals surface area contributed by atoms with E-state index in [1.165, 1.54) is 29.5 Å². The second-order valence-electron chi connectivity index (χ2n) is 5.24. The third-order valence-electron chi connectivity index (χ3n) is 3.58. The standard InChI is InChI=1S/C16H10N4O3S2/c1-8-17-10-6-7-11-14(13(10)24-8)25-16(18-11)19-15(21)9-4-2-3-5-12(9)20(22)23/h2-7H,1H3,(H,18,19,21). The number of nitro benzene ring substituents is 1. The molecule has 0 atom stereocenters. The fraction of sp³-hybridized carbons (Fsp3) is 0.0625. The Labute approximate surface area is 149 Å². The molecule has 0 radical (unpaired) electrons. The van der Waals surface area contributed by atoms with Crippen LogP contribution in [0.4, 0.5) is 10.8 Å². The second kappa shape index (κ2) is 5.87. The fourth-order valence-corrected chi connectivity index (χ4v) is 4.53. The molecule has 1 amide bonds. The van der Waals surface area contributed by atoms with Crippen LogP contribution in [0.2, 0.25) is 0 Å². The van der Waals surface area contributed by atoms with Gasteiger partial charge < -0.3 is 0 Å². The number of thiazole rings is 2. The van der Waals surface area contributed by atoms with Gasteiger partial charge in [0.15, 0.2) is 5.13 Å². The Kier molecular flexibility index (Phi) is 3.66. The highest BCUT2D eigenvalue weighted by molar-refractivity contribution is 7.28. The highest BCUT2D eigenvalue weighted by atomic mass is 32.1. The van der Waals surface area contributed by atoms with E-state index in [9.17, 15) is 14.9 Å². The quantitative estimate of drug-likeness (QED) is 0.426. The van der Waals surface area contributed by atoms with Gasteiger partial charge in [0.05, 0.1) is 30.4 Å². The molecule has 0 bridgehead atoms. The number of benzene rings is 2. The number of anilines is 1. The number of aromatic nitrogens is 2. The summed E-state index contributed by atoms with van der Waals surface area (Å²) in [4.78, 5) is 31.8. The van der Waals surface area contributed by atoms with Crippen molar-refractivity contribution in [2.45, 2.75) is 6.92 Å². The Bertz CT molecular complexity index is 1150. The molecular formula is C16H10N4O3S2. The summed E-state index contributed by atoms with van der Waals surface area (Å²) in [5, 5.41) is 15.1. The number of fused-ring (bicyclic) bond motifs is 3. The Balaban J connectivity index is 1.72. The van der Waals surface area contributed by atoms with Crippen molar-refractivity contribution in [2.75, 3.05) is 5.32 Å². The number of para-hydroxylation sites is 1. The number of nitrogens with one attached hydrogen (secondary N) is 1. The number of nitrogens with zero attached hydrogens (tertiary/aromatic N) is 3. The highest BCUT2D eigenvalue weighted by Crippen LogP contribution is 2.36. The number of hydrogen-bond donors (Lipinski definition) is 1. The van der Waals surface area contributed by atoms with Gasteiger partial charge in [0.2, 0.25) is 0 Å². The number of hydrogen-bond acceptors (Lipinski definition) is 7. The zero-order chi connectivity index (χ0) is 17.6. The molecule has 0 unspecified atom stereocenters. The molecule has 2 aromatic carbocycles. The molecule has 9 heteroatoms. The minimum Gasteiger partial charge on any atom is -0.298 e. The van der Waals surface area contributed by atoms with Crippen molar-refractivity contribution in [1.82, 2.24) is 9.97 Å². The van der Waals surface area contributed by atoms with Crippen molar-refractivity contribution in [3.8, 4) is 0 Å². The van der Waals surface area contributed by atoms with Gasteiger partial charge in [-0.05, 0) is 25.1 Å². The van der Waals surface area contributed by atoms with Gasteiger partial charge >= 0.3 is 0 Å². The van der Waals surface area contributed by atoms with Crippen LogP contribution >= 0.6 is 22.7 Å². The van der Waals surface area contributed by atoms with Gasteiger partial charge in [-0.1, -0.05) is 23.5 Å². The van der Waals surface area contributed by atoms with Crippen molar-refractivity contribution in [1.29, 1.82) is 0 Å². The second-order valence-corrected chi connectivity index (χ2v) is 7.44. The predicted octanol–water partition coefficient (Wildman–Crippen LogP) is 4.37. The summed E-state index contributed by atoms with van der Waals surface area (Å²) in [5.74, 6) is -0.553. The molecule has 2 aromatic heterocycles.